The van der Waals surface area contributed by atoms with Gasteiger partial charge in [0.2, 0.25) is 0 Å². The van der Waals surface area contributed by atoms with Crippen LogP contribution in [0.25, 0.3) is 0 Å². The molecule has 4 nitrogen and oxygen atoms in total. The SMILES string of the molecule is [O]CCOC(=O)OC1CCCCC1. The fourth-order valence-electron chi connectivity index (χ4n) is 1.48. The van der Waals surface area contributed by atoms with Crippen LogP contribution in [-0.4, -0.2) is 25.5 Å². The molecular weight excluding hydrogens is 172 g/mol. The number of hydrogen-bond acceptors (Lipinski definition) is 3. The number of rotatable bonds is 3. The highest BCUT2D eigenvalue weighted by Crippen LogP contribution is 2.20. The molecule has 0 saturated heterocycles. The first-order valence-electron chi connectivity index (χ1n) is 4.74. The lowest BCUT2D eigenvalue weighted by Crippen LogP contribution is -2.22. The molecule has 4 heteroatoms. The van der Waals surface area contributed by atoms with Crippen molar-refractivity contribution in [1.82, 2.24) is 0 Å². The number of hydrogen-bond donors (Lipinski definition) is 0. The summed E-state index contributed by atoms with van der Waals surface area (Å²) in [7, 11) is 0. The quantitative estimate of drug-likeness (QED) is 0.634. The average Bonchev–Trinajstić information content (AvgIpc) is 2.16. The Morgan fingerprint density at radius 3 is 2.54 bits per heavy atom. The van der Waals surface area contributed by atoms with Crippen LogP contribution >= 0.6 is 0 Å². The summed E-state index contributed by atoms with van der Waals surface area (Å²) in [6.45, 7) is -0.495. The topological polar surface area (TPSA) is 55.4 Å². The smallest absolute Gasteiger partial charge is 0.432 e. The Kier molecular flexibility index (Phi) is 4.60. The number of carbonyl (C=O) groups excluding carboxylic acids is 1. The lowest BCUT2D eigenvalue weighted by atomic mass is 9.98. The maximum absolute atomic E-state index is 10.9. The van der Waals surface area contributed by atoms with Crippen molar-refractivity contribution in [3.05, 3.63) is 0 Å². The fraction of sp³-hybridized carbons (Fsp3) is 0.889. The predicted molar refractivity (Wildman–Crippen MR) is 44.9 cm³/mol. The van der Waals surface area contributed by atoms with E-state index in [2.05, 4.69) is 4.74 Å². The Bertz CT molecular complexity index is 152. The zero-order chi connectivity index (χ0) is 9.52. The van der Waals surface area contributed by atoms with Crippen LogP contribution in [0.1, 0.15) is 32.1 Å². The summed E-state index contributed by atoms with van der Waals surface area (Å²) < 4.78 is 9.51. The summed E-state index contributed by atoms with van der Waals surface area (Å²) >= 11 is 0. The third-order valence-corrected chi connectivity index (χ3v) is 2.12. The monoisotopic (exact) mass is 187 g/mol. The first-order valence-corrected chi connectivity index (χ1v) is 4.74. The Labute approximate surface area is 77.8 Å². The van der Waals surface area contributed by atoms with Gasteiger partial charge in [-0.15, -0.1) is 0 Å². The van der Waals surface area contributed by atoms with Crippen molar-refractivity contribution in [3.8, 4) is 0 Å². The first-order chi connectivity index (χ1) is 6.33. The van der Waals surface area contributed by atoms with Crippen LogP contribution in [0.4, 0.5) is 4.79 Å². The van der Waals surface area contributed by atoms with Crippen molar-refractivity contribution in [2.24, 2.45) is 0 Å². The first kappa shape index (κ1) is 10.3. The highest BCUT2D eigenvalue weighted by Gasteiger charge is 2.18. The zero-order valence-electron chi connectivity index (χ0n) is 7.66. The maximum Gasteiger partial charge on any atom is 0.508 e. The Morgan fingerprint density at radius 2 is 1.92 bits per heavy atom. The molecule has 0 aromatic heterocycles. The van der Waals surface area contributed by atoms with E-state index in [-0.39, 0.29) is 12.7 Å². The Balaban J connectivity index is 2.11. The molecule has 0 bridgehead atoms. The van der Waals surface area contributed by atoms with Crippen LogP contribution in [-0.2, 0) is 14.6 Å². The molecule has 0 aromatic rings. The minimum absolute atomic E-state index is 0.00732. The predicted octanol–water partition coefficient (Wildman–Crippen LogP) is 1.90. The van der Waals surface area contributed by atoms with Gasteiger partial charge in [0.25, 0.3) is 0 Å². The van der Waals surface area contributed by atoms with E-state index in [1.165, 1.54) is 6.42 Å². The molecule has 1 rings (SSSR count). The fourth-order valence-corrected chi connectivity index (χ4v) is 1.48. The van der Waals surface area contributed by atoms with Gasteiger partial charge in [0.1, 0.15) is 19.3 Å². The molecule has 0 atom stereocenters. The second-order valence-corrected chi connectivity index (χ2v) is 3.18. The summed E-state index contributed by atoms with van der Waals surface area (Å²) in [4.78, 5) is 10.9. The van der Waals surface area contributed by atoms with Crippen LogP contribution < -0.4 is 0 Å². The van der Waals surface area contributed by atoms with Gasteiger partial charge in [0.15, 0.2) is 0 Å². The highest BCUT2D eigenvalue weighted by molar-refractivity contribution is 5.60. The van der Waals surface area contributed by atoms with Gasteiger partial charge < -0.3 is 9.47 Å². The van der Waals surface area contributed by atoms with E-state index < -0.39 is 12.8 Å². The molecule has 1 aliphatic rings. The van der Waals surface area contributed by atoms with E-state index in [1.54, 1.807) is 0 Å². The zero-order valence-corrected chi connectivity index (χ0v) is 7.66. The minimum atomic E-state index is -0.692. The van der Waals surface area contributed by atoms with E-state index in [4.69, 9.17) is 4.74 Å². The average molecular weight is 187 g/mol. The van der Waals surface area contributed by atoms with E-state index in [9.17, 15) is 9.90 Å². The molecule has 0 amide bonds. The van der Waals surface area contributed by atoms with Crippen molar-refractivity contribution >= 4 is 6.16 Å². The minimum Gasteiger partial charge on any atom is -0.432 e. The van der Waals surface area contributed by atoms with E-state index in [0.717, 1.165) is 25.7 Å². The van der Waals surface area contributed by atoms with Crippen LogP contribution in [0.5, 0.6) is 0 Å². The van der Waals surface area contributed by atoms with Crippen LogP contribution in [0.15, 0.2) is 0 Å². The summed E-state index contributed by atoms with van der Waals surface area (Å²) in [5.41, 5.74) is 0. The van der Waals surface area contributed by atoms with E-state index in [1.807, 2.05) is 0 Å². The van der Waals surface area contributed by atoms with E-state index >= 15 is 0 Å². The molecule has 0 spiro atoms. The lowest BCUT2D eigenvalue weighted by molar-refractivity contribution is -0.000874. The number of ether oxygens (including phenoxy) is 2. The Morgan fingerprint density at radius 1 is 1.23 bits per heavy atom. The van der Waals surface area contributed by atoms with Gasteiger partial charge >= 0.3 is 6.16 Å². The molecule has 0 aromatic carbocycles. The summed E-state index contributed by atoms with van der Waals surface area (Å²) in [6.07, 6.45) is 4.60. The summed E-state index contributed by atoms with van der Waals surface area (Å²) in [5, 5.41) is 9.99. The second-order valence-electron chi connectivity index (χ2n) is 3.18. The summed E-state index contributed by atoms with van der Waals surface area (Å²) in [6, 6.07) is 0. The largest absolute Gasteiger partial charge is 0.508 e. The lowest BCUT2D eigenvalue weighted by Gasteiger charge is -2.20. The summed E-state index contributed by atoms with van der Waals surface area (Å²) in [5.74, 6) is 0. The van der Waals surface area contributed by atoms with E-state index in [0.29, 0.717) is 0 Å². The normalized spacial score (nSPS) is 18.2. The van der Waals surface area contributed by atoms with Crippen molar-refractivity contribution in [1.29, 1.82) is 0 Å². The van der Waals surface area contributed by atoms with Crippen molar-refractivity contribution in [3.63, 3.8) is 0 Å². The Hall–Kier alpha value is -0.770. The molecule has 0 unspecified atom stereocenters. The maximum atomic E-state index is 10.9. The molecular formula is C9H15O4. The molecule has 0 N–H and O–H groups in total. The molecule has 75 valence electrons. The highest BCUT2D eigenvalue weighted by atomic mass is 16.7. The van der Waals surface area contributed by atoms with Gasteiger partial charge in [-0.05, 0) is 25.7 Å². The van der Waals surface area contributed by atoms with Crippen LogP contribution in [0.2, 0.25) is 0 Å². The molecule has 1 radical (unpaired) electrons. The molecule has 0 aliphatic heterocycles. The second kappa shape index (κ2) is 5.80. The van der Waals surface area contributed by atoms with Crippen molar-refractivity contribution in [2.75, 3.05) is 13.2 Å². The molecule has 0 heterocycles. The van der Waals surface area contributed by atoms with Gasteiger partial charge in [-0.1, -0.05) is 6.42 Å². The molecule has 1 aliphatic carbocycles. The van der Waals surface area contributed by atoms with Crippen molar-refractivity contribution in [2.45, 2.75) is 38.2 Å². The number of carbonyl (C=O) groups is 1. The van der Waals surface area contributed by atoms with Gasteiger partial charge in [-0.25, -0.2) is 9.90 Å². The van der Waals surface area contributed by atoms with Gasteiger partial charge in [0.05, 0.1) is 0 Å². The van der Waals surface area contributed by atoms with Crippen LogP contribution in [0, 0.1) is 0 Å². The van der Waals surface area contributed by atoms with Crippen molar-refractivity contribution < 1.29 is 19.4 Å². The third-order valence-electron chi connectivity index (χ3n) is 2.12. The van der Waals surface area contributed by atoms with Gasteiger partial charge in [-0.2, -0.15) is 0 Å². The molecule has 13 heavy (non-hydrogen) atoms. The van der Waals surface area contributed by atoms with Crippen LogP contribution in [0.3, 0.4) is 0 Å². The molecule has 1 fully saturated rings. The third kappa shape index (κ3) is 4.12. The standard InChI is InChI=1S/C9H15O4/c10-6-7-12-9(11)13-8-4-2-1-3-5-8/h8H,1-7H2. The van der Waals surface area contributed by atoms with Gasteiger partial charge in [0, 0.05) is 0 Å². The molecule has 1 saturated carbocycles. The van der Waals surface area contributed by atoms with Gasteiger partial charge in [-0.3, -0.25) is 0 Å².